The van der Waals surface area contributed by atoms with Crippen molar-refractivity contribution in [2.45, 2.75) is 25.4 Å². The molecular formula is C20H20F3N7O. The zero-order valence-corrected chi connectivity index (χ0v) is 16.7. The van der Waals surface area contributed by atoms with E-state index < -0.39 is 11.7 Å². The van der Waals surface area contributed by atoms with Gasteiger partial charge in [-0.3, -0.25) is 4.79 Å². The maximum atomic E-state index is 13.4. The molecule has 1 unspecified atom stereocenters. The van der Waals surface area contributed by atoms with Gasteiger partial charge in [0.15, 0.2) is 0 Å². The summed E-state index contributed by atoms with van der Waals surface area (Å²) in [5.41, 5.74) is -0.255. The molecule has 4 rings (SSSR count). The molecule has 2 fully saturated rings. The van der Waals surface area contributed by atoms with Gasteiger partial charge in [0.1, 0.15) is 11.6 Å². The van der Waals surface area contributed by atoms with E-state index in [4.69, 9.17) is 5.26 Å². The Hall–Kier alpha value is -3.42. The van der Waals surface area contributed by atoms with Gasteiger partial charge in [0.2, 0.25) is 11.9 Å². The van der Waals surface area contributed by atoms with Gasteiger partial charge >= 0.3 is 6.18 Å². The van der Waals surface area contributed by atoms with Gasteiger partial charge in [-0.15, -0.1) is 0 Å². The first kappa shape index (κ1) is 20.8. The molecule has 0 spiro atoms. The number of nitrogens with one attached hydrogen (secondary N) is 1. The Morgan fingerprint density at radius 3 is 2.71 bits per heavy atom. The van der Waals surface area contributed by atoms with E-state index in [0.717, 1.165) is 6.07 Å². The maximum absolute atomic E-state index is 13.4. The van der Waals surface area contributed by atoms with Gasteiger partial charge in [-0.2, -0.15) is 23.4 Å². The molecular weight excluding hydrogens is 411 g/mol. The fourth-order valence-corrected chi connectivity index (χ4v) is 3.73. The number of anilines is 3. The van der Waals surface area contributed by atoms with Crippen LogP contribution in [-0.2, 0) is 11.0 Å². The monoisotopic (exact) mass is 431 g/mol. The first-order chi connectivity index (χ1) is 14.7. The summed E-state index contributed by atoms with van der Waals surface area (Å²) in [6.07, 6.45) is -2.59. The molecule has 1 atom stereocenters. The molecule has 0 radical (unpaired) electrons. The summed E-state index contributed by atoms with van der Waals surface area (Å²) in [7, 11) is 0. The van der Waals surface area contributed by atoms with Crippen molar-refractivity contribution in [1.29, 1.82) is 5.26 Å². The molecule has 0 aliphatic carbocycles. The fourth-order valence-electron chi connectivity index (χ4n) is 3.73. The Kier molecular flexibility index (Phi) is 5.39. The second-order valence-corrected chi connectivity index (χ2v) is 7.68. The van der Waals surface area contributed by atoms with Crippen LogP contribution in [0, 0.1) is 17.2 Å². The number of hydrogen-bond acceptors (Lipinski definition) is 7. The minimum atomic E-state index is -4.57. The predicted octanol–water partition coefficient (Wildman–Crippen LogP) is 2.93. The van der Waals surface area contributed by atoms with Crippen LogP contribution in [0.4, 0.5) is 30.8 Å². The normalized spacial score (nSPS) is 19.1. The van der Waals surface area contributed by atoms with E-state index in [1.165, 1.54) is 19.2 Å². The van der Waals surface area contributed by atoms with Crippen molar-refractivity contribution in [3.05, 3.63) is 35.7 Å². The van der Waals surface area contributed by atoms with Crippen molar-refractivity contribution in [3.8, 4) is 6.07 Å². The van der Waals surface area contributed by atoms with Gasteiger partial charge in [-0.25, -0.2) is 9.97 Å². The van der Waals surface area contributed by atoms with Crippen molar-refractivity contribution in [1.82, 2.24) is 19.9 Å². The summed E-state index contributed by atoms with van der Waals surface area (Å²) in [5, 5.41) is 11.7. The van der Waals surface area contributed by atoms with Crippen LogP contribution in [0.5, 0.6) is 0 Å². The van der Waals surface area contributed by atoms with Crippen LogP contribution in [0.2, 0.25) is 0 Å². The molecule has 2 aromatic rings. The van der Waals surface area contributed by atoms with Crippen LogP contribution in [0.25, 0.3) is 0 Å². The summed E-state index contributed by atoms with van der Waals surface area (Å²) in [4.78, 5) is 28.0. The van der Waals surface area contributed by atoms with Gasteiger partial charge < -0.3 is 15.1 Å². The number of aromatic nitrogens is 3. The number of amides is 1. The Balaban J connectivity index is 1.66. The average Bonchev–Trinajstić information content (AvgIpc) is 3.17. The van der Waals surface area contributed by atoms with Crippen LogP contribution >= 0.6 is 0 Å². The van der Waals surface area contributed by atoms with Gasteiger partial charge in [-0.05, 0) is 18.6 Å². The highest BCUT2D eigenvalue weighted by atomic mass is 19.4. The second kappa shape index (κ2) is 8.02. The molecule has 2 aromatic heterocycles. The fraction of sp³-hybridized carbons (Fsp3) is 0.450. The Bertz CT molecular complexity index is 1030. The number of pyridine rings is 1. The van der Waals surface area contributed by atoms with Crippen molar-refractivity contribution >= 4 is 23.5 Å². The van der Waals surface area contributed by atoms with Gasteiger partial charge in [-0.1, -0.05) is 0 Å². The van der Waals surface area contributed by atoms with Crippen molar-refractivity contribution in [2.75, 3.05) is 36.4 Å². The Morgan fingerprint density at radius 2 is 2.06 bits per heavy atom. The first-order valence-electron chi connectivity index (χ1n) is 9.83. The average molecular weight is 431 g/mol. The van der Waals surface area contributed by atoms with E-state index >= 15 is 0 Å². The molecule has 2 saturated heterocycles. The van der Waals surface area contributed by atoms with E-state index in [0.29, 0.717) is 44.2 Å². The molecule has 1 N–H and O–H groups in total. The Morgan fingerprint density at radius 1 is 1.29 bits per heavy atom. The van der Waals surface area contributed by atoms with Crippen LogP contribution < -0.4 is 10.2 Å². The third kappa shape index (κ3) is 4.38. The van der Waals surface area contributed by atoms with E-state index in [2.05, 4.69) is 26.3 Å². The first-order valence-corrected chi connectivity index (χ1v) is 9.83. The van der Waals surface area contributed by atoms with E-state index in [1.807, 2.05) is 4.90 Å². The number of likely N-dealkylation sites (tertiary alicyclic amines) is 1. The van der Waals surface area contributed by atoms with Gasteiger partial charge in [0.25, 0.3) is 0 Å². The number of carbonyl (C=O) groups is 1. The highest BCUT2D eigenvalue weighted by Gasteiger charge is 2.35. The third-order valence-electron chi connectivity index (χ3n) is 5.49. The largest absolute Gasteiger partial charge is 0.419 e. The number of alkyl halides is 3. The minimum absolute atomic E-state index is 0.0296. The van der Waals surface area contributed by atoms with Crippen LogP contribution in [0.1, 0.15) is 30.5 Å². The molecule has 1 amide bonds. The lowest BCUT2D eigenvalue weighted by Crippen LogP contribution is -2.47. The van der Waals surface area contributed by atoms with Crippen LogP contribution in [0.3, 0.4) is 0 Å². The smallest absolute Gasteiger partial charge is 0.342 e. The molecule has 0 bridgehead atoms. The van der Waals surface area contributed by atoms with Crippen LogP contribution in [-0.4, -0.2) is 51.9 Å². The van der Waals surface area contributed by atoms with Gasteiger partial charge in [0.05, 0.1) is 23.2 Å². The van der Waals surface area contributed by atoms with Gasteiger partial charge in [0, 0.05) is 51.3 Å². The van der Waals surface area contributed by atoms with Crippen molar-refractivity contribution in [2.24, 2.45) is 5.92 Å². The number of carbonyl (C=O) groups excluding carboxylic acids is 1. The second-order valence-electron chi connectivity index (χ2n) is 7.68. The third-order valence-corrected chi connectivity index (χ3v) is 5.49. The molecule has 0 saturated carbocycles. The summed E-state index contributed by atoms with van der Waals surface area (Å²) in [5.74, 6) is -0.0249. The van der Waals surface area contributed by atoms with Crippen LogP contribution in [0.15, 0.2) is 24.4 Å². The lowest BCUT2D eigenvalue weighted by Gasteiger charge is -2.35. The van der Waals surface area contributed by atoms with Crippen molar-refractivity contribution < 1.29 is 18.0 Å². The highest BCUT2D eigenvalue weighted by molar-refractivity contribution is 5.73. The predicted molar refractivity (Wildman–Crippen MR) is 105 cm³/mol. The summed E-state index contributed by atoms with van der Waals surface area (Å²) >= 11 is 0. The molecule has 2 aliphatic heterocycles. The molecule has 162 valence electrons. The lowest BCUT2D eigenvalue weighted by atomic mass is 10.0. The standard InChI is InChI=1S/C20H20F3N7O/c1-12(31)29-6-4-14(11-29)16-7-17(28-19(26-16)30-9-13(8-24)10-30)27-18-15(20(21,22)23)3-2-5-25-18/h2-3,5,7,13-14H,4,6,9-11H2,1H3,(H,25,26,27,28). The molecule has 4 heterocycles. The quantitative estimate of drug-likeness (QED) is 0.795. The maximum Gasteiger partial charge on any atom is 0.419 e. The highest BCUT2D eigenvalue weighted by Crippen LogP contribution is 2.36. The molecule has 0 aromatic carbocycles. The number of nitrogens with zero attached hydrogens (tertiary/aromatic N) is 6. The zero-order chi connectivity index (χ0) is 22.2. The Labute approximate surface area is 176 Å². The van der Waals surface area contributed by atoms with E-state index in [9.17, 15) is 18.0 Å². The van der Waals surface area contributed by atoms with E-state index in [-0.39, 0.29) is 29.4 Å². The van der Waals surface area contributed by atoms with Crippen molar-refractivity contribution in [3.63, 3.8) is 0 Å². The number of halogens is 3. The summed E-state index contributed by atoms with van der Waals surface area (Å²) < 4.78 is 40.1. The number of rotatable bonds is 4. The SMILES string of the molecule is CC(=O)N1CCC(c2cc(Nc3ncccc3C(F)(F)F)nc(N3CC(C#N)C3)n2)C1. The summed E-state index contributed by atoms with van der Waals surface area (Å²) in [6, 6.07) is 5.96. The topological polar surface area (TPSA) is 98.0 Å². The van der Waals surface area contributed by atoms with E-state index in [1.54, 1.807) is 11.0 Å². The molecule has 11 heteroatoms. The zero-order valence-electron chi connectivity index (χ0n) is 16.7. The lowest BCUT2D eigenvalue weighted by molar-refractivity contribution is -0.137. The minimum Gasteiger partial charge on any atom is -0.342 e. The number of nitriles is 1. The number of hydrogen-bond donors (Lipinski definition) is 1. The molecule has 2 aliphatic rings. The molecule has 31 heavy (non-hydrogen) atoms. The summed E-state index contributed by atoms with van der Waals surface area (Å²) in [6.45, 7) is 3.51. The molecule has 8 nitrogen and oxygen atoms in total.